The summed E-state index contributed by atoms with van der Waals surface area (Å²) in [5.41, 5.74) is 0. The minimum absolute atomic E-state index is 0.210. The predicted octanol–water partition coefficient (Wildman–Crippen LogP) is 13.2. The molecule has 3 heteroatoms. The molecule has 0 heterocycles. The Morgan fingerprint density at radius 3 is 1.13 bits per heavy atom. The van der Waals surface area contributed by atoms with Crippen LogP contribution in [0, 0.1) is 0 Å². The Hall–Kier alpha value is -0.640. The summed E-state index contributed by atoms with van der Waals surface area (Å²) in [5, 5.41) is 0. The monoisotopic (exact) mass is 635 g/mol. The van der Waals surface area contributed by atoms with E-state index < -0.39 is 0 Å². The predicted molar refractivity (Wildman–Crippen MR) is 202 cm³/mol. The van der Waals surface area contributed by atoms with Gasteiger partial charge in [0.15, 0.2) is 0 Å². The third kappa shape index (κ3) is 39.5. The van der Waals surface area contributed by atoms with Crippen LogP contribution in [-0.2, 0) is 9.47 Å². The zero-order valence-corrected chi connectivity index (χ0v) is 31.8. The fourth-order valence-electron chi connectivity index (χ4n) is 6.03. The molecule has 0 spiro atoms. The Kier molecular flexibility index (Phi) is 35.7. The number of allylic oxidation sites excluding steroid dienone is 4. The van der Waals surface area contributed by atoms with Gasteiger partial charge >= 0.3 is 0 Å². The van der Waals surface area contributed by atoms with Crippen molar-refractivity contribution in [3.63, 3.8) is 0 Å². The summed E-state index contributed by atoms with van der Waals surface area (Å²) in [6.45, 7) is 8.10. The zero-order chi connectivity index (χ0) is 32.9. The largest absolute Gasteiger partial charge is 0.379 e. The lowest BCUT2D eigenvalue weighted by Gasteiger charge is -2.29. The van der Waals surface area contributed by atoms with E-state index in [4.69, 9.17) is 9.47 Å². The number of hydrogen-bond donors (Lipinski definition) is 0. The number of nitrogens with zero attached hydrogens (tertiary/aromatic N) is 1. The van der Waals surface area contributed by atoms with Crippen LogP contribution in [0.2, 0.25) is 0 Å². The second-order valence-corrected chi connectivity index (χ2v) is 14.9. The molecular weight excluding hydrogens is 550 g/mol. The molecule has 268 valence electrons. The fraction of sp³-hybridized carbons (Fsp3) is 0.905. The lowest BCUT2D eigenvalue weighted by Crippen LogP contribution is -2.44. The maximum Gasteiger partial charge on any atom is 0.130 e. The summed E-state index contributed by atoms with van der Waals surface area (Å²) >= 11 is 0. The van der Waals surface area contributed by atoms with Gasteiger partial charge in [-0.2, -0.15) is 0 Å². The summed E-state index contributed by atoms with van der Waals surface area (Å²) in [6.07, 6.45) is 47.6. The molecule has 0 aromatic rings. The smallest absolute Gasteiger partial charge is 0.130 e. The van der Waals surface area contributed by atoms with Crippen molar-refractivity contribution >= 4 is 0 Å². The van der Waals surface area contributed by atoms with Crippen LogP contribution in [0.4, 0.5) is 0 Å². The molecular formula is C42H84NO2+. The summed E-state index contributed by atoms with van der Waals surface area (Å²) in [7, 11) is 6.77. The van der Waals surface area contributed by atoms with E-state index in [9.17, 15) is 0 Å². The van der Waals surface area contributed by atoms with Gasteiger partial charge in [-0.05, 0) is 64.2 Å². The molecule has 0 rings (SSSR count). The number of likely N-dealkylation sites (N-methyl/N-ethyl adjacent to an activating group) is 1. The second kappa shape index (κ2) is 36.2. The first-order valence-electron chi connectivity index (χ1n) is 20.3. The average molecular weight is 635 g/mol. The normalized spacial score (nSPS) is 13.1. The van der Waals surface area contributed by atoms with Gasteiger partial charge in [0, 0.05) is 13.2 Å². The molecule has 0 saturated heterocycles. The molecule has 0 aliphatic rings. The van der Waals surface area contributed by atoms with Crippen molar-refractivity contribution in [3.8, 4) is 0 Å². The molecule has 0 aromatic heterocycles. The van der Waals surface area contributed by atoms with Crippen LogP contribution in [0.5, 0.6) is 0 Å². The number of quaternary nitrogens is 1. The molecule has 0 aliphatic carbocycles. The summed E-state index contributed by atoms with van der Waals surface area (Å²) in [5.74, 6) is 0. The number of hydrogen-bond acceptors (Lipinski definition) is 2. The summed E-state index contributed by atoms with van der Waals surface area (Å²) in [4.78, 5) is 0. The Balaban J connectivity index is 3.63. The highest BCUT2D eigenvalue weighted by Gasteiger charge is 2.19. The van der Waals surface area contributed by atoms with Gasteiger partial charge in [-0.25, -0.2) is 0 Å². The minimum Gasteiger partial charge on any atom is -0.379 e. The summed E-state index contributed by atoms with van der Waals surface area (Å²) < 4.78 is 13.3. The highest BCUT2D eigenvalue weighted by atomic mass is 16.5. The van der Waals surface area contributed by atoms with Gasteiger partial charge in [0.25, 0.3) is 0 Å². The van der Waals surface area contributed by atoms with Crippen molar-refractivity contribution in [2.75, 3.05) is 47.5 Å². The van der Waals surface area contributed by atoms with Crippen molar-refractivity contribution in [1.82, 2.24) is 0 Å². The average Bonchev–Trinajstić information content (AvgIpc) is 3.01. The minimum atomic E-state index is 0.210. The molecule has 0 amide bonds. The molecule has 0 N–H and O–H groups in total. The molecule has 0 aromatic carbocycles. The molecule has 45 heavy (non-hydrogen) atoms. The van der Waals surface area contributed by atoms with Gasteiger partial charge < -0.3 is 14.0 Å². The highest BCUT2D eigenvalue weighted by Crippen LogP contribution is 2.12. The molecule has 3 nitrogen and oxygen atoms in total. The first kappa shape index (κ1) is 44.4. The Morgan fingerprint density at radius 1 is 0.422 bits per heavy atom. The summed E-state index contributed by atoms with van der Waals surface area (Å²) in [6, 6.07) is 0. The van der Waals surface area contributed by atoms with E-state index in [1.165, 1.54) is 180 Å². The third-order valence-electron chi connectivity index (χ3n) is 8.87. The maximum atomic E-state index is 6.32. The standard InChI is InChI=1S/C42H84NO2/c1-6-8-10-12-14-16-18-20-22-24-26-28-30-32-34-36-38-44-41-42(40-43(3,4)5)45-39-37-35-33-31-29-27-25-23-21-19-17-15-13-11-9-7-2/h20-23,42H,6-19,24-41H2,1-5H3/q+1/b22-20-,23-21-/t42-/m0/s1. The van der Waals surface area contributed by atoms with E-state index in [1.54, 1.807) is 0 Å². The number of ether oxygens (including phenoxy) is 2. The Bertz CT molecular complexity index is 608. The van der Waals surface area contributed by atoms with Crippen molar-refractivity contribution in [3.05, 3.63) is 24.3 Å². The maximum absolute atomic E-state index is 6.32. The topological polar surface area (TPSA) is 18.5 Å². The van der Waals surface area contributed by atoms with Crippen LogP contribution >= 0.6 is 0 Å². The van der Waals surface area contributed by atoms with Crippen LogP contribution in [0.3, 0.4) is 0 Å². The van der Waals surface area contributed by atoms with Gasteiger partial charge in [0.05, 0.1) is 27.7 Å². The number of rotatable bonds is 37. The van der Waals surface area contributed by atoms with E-state index in [0.29, 0.717) is 0 Å². The molecule has 0 aliphatic heterocycles. The van der Waals surface area contributed by atoms with E-state index in [0.717, 1.165) is 30.8 Å². The second-order valence-electron chi connectivity index (χ2n) is 14.9. The van der Waals surface area contributed by atoms with Gasteiger partial charge in [-0.15, -0.1) is 0 Å². The van der Waals surface area contributed by atoms with E-state index in [2.05, 4.69) is 59.3 Å². The molecule has 0 saturated carbocycles. The van der Waals surface area contributed by atoms with Crippen molar-refractivity contribution in [2.45, 2.75) is 200 Å². The Labute approximate surface area is 285 Å². The van der Waals surface area contributed by atoms with E-state index >= 15 is 0 Å². The lowest BCUT2D eigenvalue weighted by molar-refractivity contribution is -0.873. The van der Waals surface area contributed by atoms with Gasteiger partial charge in [0.1, 0.15) is 12.6 Å². The van der Waals surface area contributed by atoms with Crippen molar-refractivity contribution < 1.29 is 14.0 Å². The fourth-order valence-corrected chi connectivity index (χ4v) is 6.03. The SMILES string of the molecule is CCCCCCCC/C=C\CCCCCCCCOC[C@H](C[N+](C)(C)C)OCCCCCCCC/C=C\CCCCCCCC. The molecule has 0 unspecified atom stereocenters. The van der Waals surface area contributed by atoms with E-state index in [-0.39, 0.29) is 6.10 Å². The number of unbranched alkanes of at least 4 members (excludes halogenated alkanes) is 24. The van der Waals surface area contributed by atoms with Gasteiger partial charge in [-0.1, -0.05) is 154 Å². The van der Waals surface area contributed by atoms with Gasteiger partial charge in [-0.3, -0.25) is 0 Å². The first-order valence-corrected chi connectivity index (χ1v) is 20.3. The van der Waals surface area contributed by atoms with Crippen LogP contribution in [0.1, 0.15) is 194 Å². The quantitative estimate of drug-likeness (QED) is 0.0384. The van der Waals surface area contributed by atoms with Crippen LogP contribution in [0.25, 0.3) is 0 Å². The molecule has 0 bridgehead atoms. The zero-order valence-electron chi connectivity index (χ0n) is 31.8. The van der Waals surface area contributed by atoms with E-state index in [1.807, 2.05) is 0 Å². The molecule has 0 radical (unpaired) electrons. The van der Waals surface area contributed by atoms with Gasteiger partial charge in [0.2, 0.25) is 0 Å². The van der Waals surface area contributed by atoms with Crippen molar-refractivity contribution in [1.29, 1.82) is 0 Å². The van der Waals surface area contributed by atoms with Crippen LogP contribution in [0.15, 0.2) is 24.3 Å². The molecule has 1 atom stereocenters. The highest BCUT2D eigenvalue weighted by molar-refractivity contribution is 4.82. The Morgan fingerprint density at radius 2 is 0.756 bits per heavy atom. The lowest BCUT2D eigenvalue weighted by atomic mass is 10.1. The first-order chi connectivity index (χ1) is 22.0. The van der Waals surface area contributed by atoms with Crippen LogP contribution in [-0.4, -0.2) is 58.1 Å². The van der Waals surface area contributed by atoms with Crippen molar-refractivity contribution in [2.24, 2.45) is 0 Å². The van der Waals surface area contributed by atoms with Crippen LogP contribution < -0.4 is 0 Å². The molecule has 0 fully saturated rings. The third-order valence-corrected chi connectivity index (χ3v) is 8.87.